The molecule has 4 heteroatoms. The van der Waals surface area contributed by atoms with Crippen LogP contribution >= 0.6 is 27.3 Å². The Labute approximate surface area is 127 Å². The first-order valence-corrected chi connectivity index (χ1v) is 8.07. The number of aryl methyl sites for hydroxylation is 2. The summed E-state index contributed by atoms with van der Waals surface area (Å²) in [4.78, 5) is 1.23. The van der Waals surface area contributed by atoms with E-state index in [4.69, 9.17) is 5.84 Å². The van der Waals surface area contributed by atoms with E-state index >= 15 is 0 Å². The Balaban J connectivity index is 2.26. The van der Waals surface area contributed by atoms with Crippen molar-refractivity contribution in [2.45, 2.75) is 32.7 Å². The lowest BCUT2D eigenvalue weighted by Crippen LogP contribution is -2.28. The molecule has 1 atom stereocenters. The van der Waals surface area contributed by atoms with Gasteiger partial charge in [0.15, 0.2) is 0 Å². The maximum Gasteiger partial charge on any atom is 0.0803 e. The maximum absolute atomic E-state index is 5.73. The van der Waals surface area contributed by atoms with Gasteiger partial charge in [-0.3, -0.25) is 5.84 Å². The van der Waals surface area contributed by atoms with Crippen LogP contribution in [0.1, 0.15) is 41.0 Å². The lowest BCUT2D eigenvalue weighted by Gasteiger charge is -2.15. The van der Waals surface area contributed by atoms with Gasteiger partial charge in [-0.05, 0) is 52.0 Å². The third kappa shape index (κ3) is 3.45. The smallest absolute Gasteiger partial charge is 0.0803 e. The largest absolute Gasteiger partial charge is 0.271 e. The fourth-order valence-corrected chi connectivity index (χ4v) is 3.79. The first kappa shape index (κ1) is 14.7. The third-order valence-electron chi connectivity index (χ3n) is 3.18. The molecule has 0 aliphatic rings. The molecule has 1 aromatic heterocycles. The van der Waals surface area contributed by atoms with Crippen LogP contribution in [0.5, 0.6) is 0 Å². The molecule has 19 heavy (non-hydrogen) atoms. The summed E-state index contributed by atoms with van der Waals surface area (Å²) in [7, 11) is 0. The van der Waals surface area contributed by atoms with Crippen molar-refractivity contribution in [2.75, 3.05) is 0 Å². The summed E-state index contributed by atoms with van der Waals surface area (Å²) in [6.07, 6.45) is 2.31. The molecule has 2 aromatic rings. The number of hydrazine groups is 1. The van der Waals surface area contributed by atoms with E-state index in [0.717, 1.165) is 6.42 Å². The summed E-state index contributed by atoms with van der Waals surface area (Å²) >= 11 is 5.30. The molecule has 0 aliphatic carbocycles. The molecule has 0 spiro atoms. The van der Waals surface area contributed by atoms with Gasteiger partial charge in [0, 0.05) is 4.88 Å². The van der Waals surface area contributed by atoms with Gasteiger partial charge in [-0.2, -0.15) is 0 Å². The van der Waals surface area contributed by atoms with Crippen molar-refractivity contribution >= 4 is 27.3 Å². The van der Waals surface area contributed by atoms with Gasteiger partial charge in [0.25, 0.3) is 0 Å². The van der Waals surface area contributed by atoms with Crippen molar-refractivity contribution < 1.29 is 0 Å². The van der Waals surface area contributed by atoms with Crippen molar-refractivity contribution in [1.82, 2.24) is 5.43 Å². The number of thiophene rings is 1. The Bertz CT molecular complexity index is 514. The maximum atomic E-state index is 5.73. The molecule has 2 rings (SSSR count). The van der Waals surface area contributed by atoms with E-state index in [2.05, 4.69) is 65.5 Å². The fraction of sp³-hybridized carbons (Fsp3) is 0.333. The van der Waals surface area contributed by atoms with E-state index in [1.807, 2.05) is 0 Å². The number of hydrogen-bond acceptors (Lipinski definition) is 3. The zero-order valence-electron chi connectivity index (χ0n) is 11.2. The lowest BCUT2D eigenvalue weighted by molar-refractivity contribution is 0.646. The first-order chi connectivity index (χ1) is 9.15. The Morgan fingerprint density at radius 3 is 2.47 bits per heavy atom. The number of nitrogens with one attached hydrogen (secondary N) is 1. The van der Waals surface area contributed by atoms with Crippen molar-refractivity contribution in [3.63, 3.8) is 0 Å². The van der Waals surface area contributed by atoms with Crippen molar-refractivity contribution in [2.24, 2.45) is 5.84 Å². The van der Waals surface area contributed by atoms with E-state index in [0.29, 0.717) is 0 Å². The molecular weight excluding hydrogens is 320 g/mol. The molecule has 0 saturated heterocycles. The number of halogens is 1. The second kappa shape index (κ2) is 6.66. The Hall–Kier alpha value is -0.680. The highest BCUT2D eigenvalue weighted by Crippen LogP contribution is 2.34. The SMILES string of the molecule is CCCc1ccc(C(NN)c2cc(C)c(Br)s2)cc1. The minimum atomic E-state index is 0.0608. The molecule has 0 amide bonds. The molecule has 0 aliphatic heterocycles. The number of nitrogens with two attached hydrogens (primary N) is 1. The van der Waals surface area contributed by atoms with Crippen LogP contribution in [0.25, 0.3) is 0 Å². The highest BCUT2D eigenvalue weighted by molar-refractivity contribution is 9.11. The van der Waals surface area contributed by atoms with E-state index in [9.17, 15) is 0 Å². The summed E-state index contributed by atoms with van der Waals surface area (Å²) in [5.41, 5.74) is 6.75. The summed E-state index contributed by atoms with van der Waals surface area (Å²) < 4.78 is 1.17. The zero-order chi connectivity index (χ0) is 13.8. The van der Waals surface area contributed by atoms with Crippen LogP contribution in [0.15, 0.2) is 34.1 Å². The van der Waals surface area contributed by atoms with Gasteiger partial charge in [-0.15, -0.1) is 11.3 Å². The van der Waals surface area contributed by atoms with Crippen LogP contribution in [0, 0.1) is 6.92 Å². The average molecular weight is 339 g/mol. The molecule has 2 nitrogen and oxygen atoms in total. The minimum Gasteiger partial charge on any atom is -0.271 e. The molecule has 102 valence electrons. The highest BCUT2D eigenvalue weighted by Gasteiger charge is 2.15. The number of rotatable bonds is 5. The summed E-state index contributed by atoms with van der Waals surface area (Å²) in [5, 5.41) is 0. The minimum absolute atomic E-state index is 0.0608. The van der Waals surface area contributed by atoms with Gasteiger partial charge in [0.2, 0.25) is 0 Å². The summed E-state index contributed by atoms with van der Waals surface area (Å²) in [6.45, 7) is 4.30. The fourth-order valence-electron chi connectivity index (χ4n) is 2.13. The first-order valence-electron chi connectivity index (χ1n) is 6.46. The Morgan fingerprint density at radius 2 is 2.00 bits per heavy atom. The summed E-state index contributed by atoms with van der Waals surface area (Å²) in [5.74, 6) is 5.73. The highest BCUT2D eigenvalue weighted by atomic mass is 79.9. The van der Waals surface area contributed by atoms with Gasteiger partial charge in [-0.25, -0.2) is 5.43 Å². The van der Waals surface area contributed by atoms with E-state index in [-0.39, 0.29) is 6.04 Å². The Kier molecular flexibility index (Phi) is 5.16. The molecule has 0 fully saturated rings. The second-order valence-electron chi connectivity index (χ2n) is 4.70. The normalized spacial score (nSPS) is 12.6. The van der Waals surface area contributed by atoms with E-state index in [1.165, 1.54) is 31.8 Å². The lowest BCUT2D eigenvalue weighted by atomic mass is 10.0. The van der Waals surface area contributed by atoms with Gasteiger partial charge in [0.1, 0.15) is 0 Å². The van der Waals surface area contributed by atoms with Crippen molar-refractivity contribution in [3.05, 3.63) is 55.7 Å². The van der Waals surface area contributed by atoms with Crippen LogP contribution in [0.3, 0.4) is 0 Å². The Morgan fingerprint density at radius 1 is 1.32 bits per heavy atom. The van der Waals surface area contributed by atoms with Crippen molar-refractivity contribution in [3.8, 4) is 0 Å². The monoisotopic (exact) mass is 338 g/mol. The third-order valence-corrected chi connectivity index (χ3v) is 5.38. The van der Waals surface area contributed by atoms with Gasteiger partial charge < -0.3 is 0 Å². The second-order valence-corrected chi connectivity index (χ2v) is 7.10. The van der Waals surface area contributed by atoms with Crippen LogP contribution < -0.4 is 11.3 Å². The average Bonchev–Trinajstić information content (AvgIpc) is 2.73. The topological polar surface area (TPSA) is 38.0 Å². The zero-order valence-corrected chi connectivity index (χ0v) is 13.6. The molecule has 1 unspecified atom stereocenters. The predicted octanol–water partition coefficient (Wildman–Crippen LogP) is 4.32. The van der Waals surface area contributed by atoms with Gasteiger partial charge in [0.05, 0.1) is 9.83 Å². The molecule has 0 radical (unpaired) electrons. The molecule has 0 bridgehead atoms. The van der Waals surface area contributed by atoms with E-state index in [1.54, 1.807) is 11.3 Å². The molecule has 3 N–H and O–H groups in total. The predicted molar refractivity (Wildman–Crippen MR) is 86.4 cm³/mol. The van der Waals surface area contributed by atoms with Crippen LogP contribution in [0.4, 0.5) is 0 Å². The van der Waals surface area contributed by atoms with Crippen molar-refractivity contribution in [1.29, 1.82) is 0 Å². The molecule has 1 aromatic carbocycles. The van der Waals surface area contributed by atoms with Gasteiger partial charge >= 0.3 is 0 Å². The molecule has 0 saturated carbocycles. The summed E-state index contributed by atoms with van der Waals surface area (Å²) in [6, 6.07) is 11.0. The van der Waals surface area contributed by atoms with Crippen LogP contribution in [-0.2, 0) is 6.42 Å². The number of hydrogen-bond donors (Lipinski definition) is 2. The molecule has 1 heterocycles. The van der Waals surface area contributed by atoms with Crippen LogP contribution in [-0.4, -0.2) is 0 Å². The van der Waals surface area contributed by atoms with Gasteiger partial charge in [-0.1, -0.05) is 37.6 Å². The molecular formula is C15H19BrN2S. The van der Waals surface area contributed by atoms with Crippen LogP contribution in [0.2, 0.25) is 0 Å². The standard InChI is InChI=1S/C15H19BrN2S/c1-3-4-11-5-7-12(8-6-11)14(18-17)13-9-10(2)15(16)19-13/h5-9,14,18H,3-4,17H2,1-2H3. The quantitative estimate of drug-likeness (QED) is 0.629. The number of benzene rings is 1. The van der Waals surface area contributed by atoms with E-state index < -0.39 is 0 Å².